The summed E-state index contributed by atoms with van der Waals surface area (Å²) < 4.78 is 39.4. The molecule has 0 bridgehead atoms. The summed E-state index contributed by atoms with van der Waals surface area (Å²) in [5, 5.41) is 11.1. The zero-order chi connectivity index (χ0) is 20.3. The van der Waals surface area contributed by atoms with Gasteiger partial charge in [-0.25, -0.2) is 0 Å². The lowest BCUT2D eigenvalue weighted by atomic mass is 9.85. The van der Waals surface area contributed by atoms with Crippen LogP contribution in [0.2, 0.25) is 0 Å². The molecule has 3 rings (SSSR count). The number of hydrogen-bond donors (Lipinski definition) is 0. The SMILES string of the molecule is Cc1ccc(CC2CCC(Sc3ccc([N+](=O)[O-])c(C(F)(F)F)c3)CC2)cn1. The standard InChI is InChI=1S/C20H21F3N2O2S/c1-13-2-3-15(12-24-13)10-14-4-6-16(7-5-14)28-17-8-9-19(25(26)27)18(11-17)20(21,22)23/h2-3,8-9,11-12,14,16H,4-7,10H2,1H3. The Kier molecular flexibility index (Phi) is 6.27. The summed E-state index contributed by atoms with van der Waals surface area (Å²) in [6, 6.07) is 7.39. The molecule has 0 N–H and O–H groups in total. The van der Waals surface area contributed by atoms with Gasteiger partial charge in [0.05, 0.1) is 4.92 Å². The van der Waals surface area contributed by atoms with Crippen LogP contribution in [-0.4, -0.2) is 15.2 Å². The molecule has 1 fully saturated rings. The van der Waals surface area contributed by atoms with Gasteiger partial charge in [0.1, 0.15) is 5.56 Å². The van der Waals surface area contributed by atoms with E-state index in [1.165, 1.54) is 23.4 Å². The molecule has 0 unspecified atom stereocenters. The van der Waals surface area contributed by atoms with Crippen LogP contribution in [0, 0.1) is 23.0 Å². The monoisotopic (exact) mass is 410 g/mol. The second-order valence-corrected chi connectivity index (χ2v) is 8.58. The van der Waals surface area contributed by atoms with Crippen LogP contribution in [0.1, 0.15) is 42.5 Å². The van der Waals surface area contributed by atoms with Crippen LogP contribution >= 0.6 is 11.8 Å². The van der Waals surface area contributed by atoms with E-state index in [1.807, 2.05) is 19.2 Å². The molecular formula is C20H21F3N2O2S. The summed E-state index contributed by atoms with van der Waals surface area (Å²) in [6.07, 6.45) is 2.03. The van der Waals surface area contributed by atoms with Crippen LogP contribution in [0.3, 0.4) is 0 Å². The van der Waals surface area contributed by atoms with Crippen LogP contribution in [-0.2, 0) is 12.6 Å². The molecule has 0 atom stereocenters. The summed E-state index contributed by atoms with van der Waals surface area (Å²) in [5.74, 6) is 0.559. The number of nitro benzene ring substituents is 1. The Hall–Kier alpha value is -2.09. The number of nitro groups is 1. The van der Waals surface area contributed by atoms with E-state index in [1.54, 1.807) is 0 Å². The fraction of sp³-hybridized carbons (Fsp3) is 0.450. The quantitative estimate of drug-likeness (QED) is 0.434. The van der Waals surface area contributed by atoms with Crippen molar-refractivity contribution < 1.29 is 18.1 Å². The molecule has 4 nitrogen and oxygen atoms in total. The van der Waals surface area contributed by atoms with Crippen molar-refractivity contribution in [2.24, 2.45) is 5.92 Å². The lowest BCUT2D eigenvalue weighted by molar-refractivity contribution is -0.388. The summed E-state index contributed by atoms with van der Waals surface area (Å²) in [5.41, 5.74) is 0.132. The molecule has 0 spiro atoms. The summed E-state index contributed by atoms with van der Waals surface area (Å²) >= 11 is 1.39. The fourth-order valence-corrected chi connectivity index (χ4v) is 4.80. The first-order valence-corrected chi connectivity index (χ1v) is 10.0. The zero-order valence-electron chi connectivity index (χ0n) is 15.4. The third-order valence-electron chi connectivity index (χ3n) is 5.06. The van der Waals surface area contributed by atoms with E-state index in [9.17, 15) is 23.3 Å². The second kappa shape index (κ2) is 8.51. The van der Waals surface area contributed by atoms with Crippen molar-refractivity contribution in [2.75, 3.05) is 0 Å². The number of alkyl halides is 3. The van der Waals surface area contributed by atoms with Crippen LogP contribution in [0.25, 0.3) is 0 Å². The number of halogens is 3. The van der Waals surface area contributed by atoms with E-state index in [-0.39, 0.29) is 5.25 Å². The molecule has 28 heavy (non-hydrogen) atoms. The van der Waals surface area contributed by atoms with Gasteiger partial charge in [-0.05, 0) is 68.7 Å². The first-order chi connectivity index (χ1) is 13.2. The Morgan fingerprint density at radius 3 is 2.46 bits per heavy atom. The van der Waals surface area contributed by atoms with Crippen molar-refractivity contribution in [3.63, 3.8) is 0 Å². The highest BCUT2D eigenvalue weighted by molar-refractivity contribution is 8.00. The highest BCUT2D eigenvalue weighted by atomic mass is 32.2. The van der Waals surface area contributed by atoms with Crippen molar-refractivity contribution >= 4 is 17.4 Å². The Labute approximate surface area is 165 Å². The molecule has 0 radical (unpaired) electrons. The molecule has 1 heterocycles. The van der Waals surface area contributed by atoms with Crippen LogP contribution < -0.4 is 0 Å². The number of pyridine rings is 1. The topological polar surface area (TPSA) is 56.0 Å². The van der Waals surface area contributed by atoms with Gasteiger partial charge in [0, 0.05) is 28.1 Å². The molecule has 1 saturated carbocycles. The second-order valence-electron chi connectivity index (χ2n) is 7.21. The Morgan fingerprint density at radius 2 is 1.89 bits per heavy atom. The average Bonchev–Trinajstić information content (AvgIpc) is 2.64. The number of thioether (sulfide) groups is 1. The van der Waals surface area contributed by atoms with E-state index in [0.29, 0.717) is 10.8 Å². The van der Waals surface area contributed by atoms with Gasteiger partial charge >= 0.3 is 6.18 Å². The van der Waals surface area contributed by atoms with Crippen molar-refractivity contribution in [3.05, 3.63) is 63.5 Å². The third kappa shape index (κ3) is 5.25. The fourth-order valence-electron chi connectivity index (χ4n) is 3.57. The molecule has 0 saturated heterocycles. The minimum absolute atomic E-state index is 0.231. The third-order valence-corrected chi connectivity index (χ3v) is 6.39. The van der Waals surface area contributed by atoms with Gasteiger partial charge in [-0.1, -0.05) is 6.07 Å². The van der Waals surface area contributed by atoms with Crippen LogP contribution in [0.4, 0.5) is 18.9 Å². The van der Waals surface area contributed by atoms with Crippen LogP contribution in [0.15, 0.2) is 41.4 Å². The van der Waals surface area contributed by atoms with E-state index < -0.39 is 22.4 Å². The molecule has 1 aromatic heterocycles. The molecular weight excluding hydrogens is 389 g/mol. The molecule has 0 amide bonds. The van der Waals surface area contributed by atoms with Gasteiger partial charge < -0.3 is 0 Å². The molecule has 8 heteroatoms. The molecule has 2 aromatic rings. The number of aromatic nitrogens is 1. The predicted octanol–water partition coefficient (Wildman–Crippen LogP) is 6.21. The highest BCUT2D eigenvalue weighted by Gasteiger charge is 2.38. The maximum absolute atomic E-state index is 13.1. The largest absolute Gasteiger partial charge is 0.423 e. The van der Waals surface area contributed by atoms with Gasteiger partial charge in [-0.3, -0.25) is 15.1 Å². The number of hydrogen-bond acceptors (Lipinski definition) is 4. The molecule has 1 aliphatic carbocycles. The van der Waals surface area contributed by atoms with E-state index in [0.717, 1.165) is 49.9 Å². The van der Waals surface area contributed by atoms with Gasteiger partial charge in [-0.15, -0.1) is 11.8 Å². The average molecular weight is 410 g/mol. The maximum atomic E-state index is 13.1. The minimum Gasteiger partial charge on any atom is -0.261 e. The Morgan fingerprint density at radius 1 is 1.18 bits per heavy atom. The number of rotatable bonds is 5. The van der Waals surface area contributed by atoms with Gasteiger partial charge in [0.15, 0.2) is 0 Å². The van der Waals surface area contributed by atoms with Gasteiger partial charge in [0.2, 0.25) is 0 Å². The lowest BCUT2D eigenvalue weighted by Crippen LogP contribution is -2.18. The van der Waals surface area contributed by atoms with E-state index in [2.05, 4.69) is 11.1 Å². The summed E-state index contributed by atoms with van der Waals surface area (Å²) in [4.78, 5) is 14.6. The number of aryl methyl sites for hydroxylation is 1. The van der Waals surface area contributed by atoms with E-state index >= 15 is 0 Å². The van der Waals surface area contributed by atoms with Crippen molar-refractivity contribution in [1.82, 2.24) is 4.98 Å². The molecule has 0 aliphatic heterocycles. The first kappa shape index (κ1) is 20.6. The van der Waals surface area contributed by atoms with Crippen molar-refractivity contribution in [3.8, 4) is 0 Å². The Bertz CT molecular complexity index is 832. The highest BCUT2D eigenvalue weighted by Crippen LogP contribution is 2.41. The normalized spacial score (nSPS) is 20.1. The minimum atomic E-state index is -4.74. The number of nitrogens with zero attached hydrogens (tertiary/aromatic N) is 2. The molecule has 150 valence electrons. The predicted molar refractivity (Wildman–Crippen MR) is 102 cm³/mol. The first-order valence-electron chi connectivity index (χ1n) is 9.16. The molecule has 1 aliphatic rings. The summed E-state index contributed by atoms with van der Waals surface area (Å²) in [6.45, 7) is 1.95. The lowest BCUT2D eigenvalue weighted by Gasteiger charge is -2.28. The summed E-state index contributed by atoms with van der Waals surface area (Å²) in [7, 11) is 0. The maximum Gasteiger partial charge on any atom is 0.423 e. The molecule has 1 aromatic carbocycles. The smallest absolute Gasteiger partial charge is 0.261 e. The van der Waals surface area contributed by atoms with Gasteiger partial charge in [0.25, 0.3) is 5.69 Å². The van der Waals surface area contributed by atoms with Gasteiger partial charge in [-0.2, -0.15) is 13.2 Å². The van der Waals surface area contributed by atoms with Crippen molar-refractivity contribution in [1.29, 1.82) is 0 Å². The zero-order valence-corrected chi connectivity index (χ0v) is 16.2. The Balaban J connectivity index is 1.60. The van der Waals surface area contributed by atoms with Crippen LogP contribution in [0.5, 0.6) is 0 Å². The van der Waals surface area contributed by atoms with Crippen molar-refractivity contribution in [2.45, 2.75) is 55.3 Å². The van der Waals surface area contributed by atoms with E-state index in [4.69, 9.17) is 0 Å². The number of benzene rings is 1.